The van der Waals surface area contributed by atoms with Crippen molar-refractivity contribution in [2.24, 2.45) is 0 Å². The molecule has 4 nitrogen and oxygen atoms in total. The van der Waals surface area contributed by atoms with Crippen LogP contribution in [0.5, 0.6) is 0 Å². The third kappa shape index (κ3) is 3.06. The fourth-order valence-corrected chi connectivity index (χ4v) is 2.59. The summed E-state index contributed by atoms with van der Waals surface area (Å²) in [5.74, 6) is -0.126. The number of nitrogens with zero attached hydrogens (tertiary/aromatic N) is 1. The van der Waals surface area contributed by atoms with Gasteiger partial charge in [-0.25, -0.2) is 0 Å². The minimum atomic E-state index is -0.126. The van der Waals surface area contributed by atoms with Gasteiger partial charge in [0.15, 0.2) is 0 Å². The molecular weight excluding hydrogens is 258 g/mol. The zero-order chi connectivity index (χ0) is 13.8. The van der Waals surface area contributed by atoms with Crippen LogP contribution in [-0.4, -0.2) is 20.0 Å². The van der Waals surface area contributed by atoms with Gasteiger partial charge in [-0.2, -0.15) is 11.3 Å². The van der Waals surface area contributed by atoms with E-state index in [9.17, 15) is 4.79 Å². The molecule has 2 rings (SSSR count). The standard InChI is InChI=1S/C14H17N3OS/c1-16-14(18)11-3-4-13(12(15)7-11)17(2)8-10-5-6-19-9-10/h3-7,9H,8,15H2,1-2H3,(H,16,18). The Morgan fingerprint density at radius 3 is 2.79 bits per heavy atom. The Hall–Kier alpha value is -2.01. The molecule has 0 aliphatic rings. The quantitative estimate of drug-likeness (QED) is 0.842. The number of carbonyl (C=O) groups excluding carboxylic acids is 1. The highest BCUT2D eigenvalue weighted by Gasteiger charge is 2.10. The van der Waals surface area contributed by atoms with Crippen LogP contribution in [0.4, 0.5) is 11.4 Å². The Kier molecular flexibility index (Phi) is 4.06. The van der Waals surface area contributed by atoms with Gasteiger partial charge >= 0.3 is 0 Å². The molecular formula is C14H17N3OS. The molecule has 0 aliphatic heterocycles. The van der Waals surface area contributed by atoms with E-state index >= 15 is 0 Å². The van der Waals surface area contributed by atoms with Crippen LogP contribution in [0.2, 0.25) is 0 Å². The van der Waals surface area contributed by atoms with Crippen LogP contribution in [-0.2, 0) is 6.54 Å². The van der Waals surface area contributed by atoms with E-state index in [1.807, 2.05) is 13.1 Å². The number of nitrogens with two attached hydrogens (primary N) is 1. The lowest BCUT2D eigenvalue weighted by molar-refractivity contribution is 0.0963. The lowest BCUT2D eigenvalue weighted by Gasteiger charge is -2.21. The normalized spacial score (nSPS) is 10.2. The third-order valence-electron chi connectivity index (χ3n) is 2.93. The number of anilines is 2. The molecule has 19 heavy (non-hydrogen) atoms. The monoisotopic (exact) mass is 275 g/mol. The fourth-order valence-electron chi connectivity index (χ4n) is 1.93. The average Bonchev–Trinajstić information content (AvgIpc) is 2.90. The zero-order valence-electron chi connectivity index (χ0n) is 11.0. The second-order valence-corrected chi connectivity index (χ2v) is 5.12. The van der Waals surface area contributed by atoms with Gasteiger partial charge in [-0.3, -0.25) is 4.79 Å². The smallest absolute Gasteiger partial charge is 0.251 e. The Morgan fingerprint density at radius 2 is 2.21 bits per heavy atom. The van der Waals surface area contributed by atoms with E-state index in [1.165, 1.54) is 5.56 Å². The Morgan fingerprint density at radius 1 is 1.42 bits per heavy atom. The minimum absolute atomic E-state index is 0.126. The summed E-state index contributed by atoms with van der Waals surface area (Å²) in [6.45, 7) is 0.799. The summed E-state index contributed by atoms with van der Waals surface area (Å²) in [7, 11) is 3.60. The number of hydrogen-bond donors (Lipinski definition) is 2. The van der Waals surface area contributed by atoms with Crippen molar-refractivity contribution in [2.75, 3.05) is 24.7 Å². The molecule has 0 radical (unpaired) electrons. The van der Waals surface area contributed by atoms with E-state index < -0.39 is 0 Å². The first-order chi connectivity index (χ1) is 9.11. The third-order valence-corrected chi connectivity index (χ3v) is 3.66. The maximum absolute atomic E-state index is 11.5. The van der Waals surface area contributed by atoms with Gasteiger partial charge in [0.2, 0.25) is 0 Å². The highest BCUT2D eigenvalue weighted by Crippen LogP contribution is 2.25. The first-order valence-electron chi connectivity index (χ1n) is 5.95. The second-order valence-electron chi connectivity index (χ2n) is 4.34. The summed E-state index contributed by atoms with van der Waals surface area (Å²) in [5.41, 5.74) is 9.39. The zero-order valence-corrected chi connectivity index (χ0v) is 11.8. The molecule has 100 valence electrons. The van der Waals surface area contributed by atoms with Crippen LogP contribution in [0.15, 0.2) is 35.0 Å². The van der Waals surface area contributed by atoms with E-state index in [-0.39, 0.29) is 5.91 Å². The summed E-state index contributed by atoms with van der Waals surface area (Å²) < 4.78 is 0. The van der Waals surface area contributed by atoms with Gasteiger partial charge in [0, 0.05) is 26.2 Å². The number of carbonyl (C=O) groups is 1. The summed E-state index contributed by atoms with van der Waals surface area (Å²) in [6, 6.07) is 7.47. The van der Waals surface area contributed by atoms with E-state index in [0.717, 1.165) is 12.2 Å². The lowest BCUT2D eigenvalue weighted by Crippen LogP contribution is -2.20. The maximum atomic E-state index is 11.5. The van der Waals surface area contributed by atoms with Gasteiger partial charge < -0.3 is 16.0 Å². The molecule has 0 spiro atoms. The first-order valence-corrected chi connectivity index (χ1v) is 6.90. The average molecular weight is 275 g/mol. The van der Waals surface area contributed by atoms with Gasteiger partial charge in [-0.15, -0.1) is 0 Å². The summed E-state index contributed by atoms with van der Waals surface area (Å²) in [5, 5.41) is 6.76. The molecule has 0 atom stereocenters. The number of nitrogen functional groups attached to an aromatic ring is 1. The van der Waals surface area contributed by atoms with Gasteiger partial charge in [0.05, 0.1) is 11.4 Å². The Bertz CT molecular complexity index is 566. The van der Waals surface area contributed by atoms with Crippen LogP contribution in [0.1, 0.15) is 15.9 Å². The van der Waals surface area contributed by atoms with Crippen molar-refractivity contribution in [3.8, 4) is 0 Å². The number of amides is 1. The number of hydrogen-bond acceptors (Lipinski definition) is 4. The maximum Gasteiger partial charge on any atom is 0.251 e. The predicted molar refractivity (Wildman–Crippen MR) is 80.7 cm³/mol. The van der Waals surface area contributed by atoms with Gasteiger partial charge in [0.1, 0.15) is 0 Å². The summed E-state index contributed by atoms with van der Waals surface area (Å²) in [6.07, 6.45) is 0. The SMILES string of the molecule is CNC(=O)c1ccc(N(C)Cc2ccsc2)c(N)c1. The lowest BCUT2D eigenvalue weighted by atomic mass is 10.1. The van der Waals surface area contributed by atoms with Crippen LogP contribution in [0, 0.1) is 0 Å². The number of rotatable bonds is 4. The van der Waals surface area contributed by atoms with Crippen molar-refractivity contribution in [1.29, 1.82) is 0 Å². The molecule has 0 saturated carbocycles. The number of benzene rings is 1. The number of nitrogens with one attached hydrogen (secondary N) is 1. The molecule has 1 heterocycles. The van der Waals surface area contributed by atoms with Crippen LogP contribution in [0.3, 0.4) is 0 Å². The minimum Gasteiger partial charge on any atom is -0.397 e. The van der Waals surface area contributed by atoms with E-state index in [2.05, 4.69) is 27.0 Å². The van der Waals surface area contributed by atoms with E-state index in [4.69, 9.17) is 5.73 Å². The fraction of sp³-hybridized carbons (Fsp3) is 0.214. The molecule has 0 saturated heterocycles. The predicted octanol–water partition coefficient (Wildman–Crippen LogP) is 2.33. The molecule has 2 aromatic rings. The Labute approximate surface area is 116 Å². The van der Waals surface area contributed by atoms with Crippen molar-refractivity contribution in [3.63, 3.8) is 0 Å². The van der Waals surface area contributed by atoms with Crippen LogP contribution in [0.25, 0.3) is 0 Å². The van der Waals surface area contributed by atoms with E-state index in [1.54, 1.807) is 30.5 Å². The van der Waals surface area contributed by atoms with Crippen molar-refractivity contribution in [2.45, 2.75) is 6.54 Å². The highest BCUT2D eigenvalue weighted by molar-refractivity contribution is 7.07. The van der Waals surface area contributed by atoms with Crippen LogP contribution < -0.4 is 16.0 Å². The molecule has 3 N–H and O–H groups in total. The summed E-state index contributed by atoms with van der Waals surface area (Å²) >= 11 is 1.68. The molecule has 0 bridgehead atoms. The van der Waals surface area contributed by atoms with Crippen molar-refractivity contribution < 1.29 is 4.79 Å². The molecule has 0 aliphatic carbocycles. The van der Waals surface area contributed by atoms with Crippen molar-refractivity contribution in [3.05, 3.63) is 46.2 Å². The van der Waals surface area contributed by atoms with Crippen LogP contribution >= 0.6 is 11.3 Å². The van der Waals surface area contributed by atoms with Crippen molar-refractivity contribution >= 4 is 28.6 Å². The molecule has 5 heteroatoms. The topological polar surface area (TPSA) is 58.4 Å². The summed E-state index contributed by atoms with van der Waals surface area (Å²) in [4.78, 5) is 13.6. The molecule has 1 aromatic carbocycles. The largest absolute Gasteiger partial charge is 0.397 e. The Balaban J connectivity index is 2.18. The molecule has 0 unspecified atom stereocenters. The van der Waals surface area contributed by atoms with Gasteiger partial charge in [-0.1, -0.05) is 0 Å². The van der Waals surface area contributed by atoms with Gasteiger partial charge in [-0.05, 0) is 40.6 Å². The molecule has 1 amide bonds. The highest BCUT2D eigenvalue weighted by atomic mass is 32.1. The molecule has 0 fully saturated rings. The first kappa shape index (κ1) is 13.4. The second kappa shape index (κ2) is 5.75. The van der Waals surface area contributed by atoms with Crippen molar-refractivity contribution in [1.82, 2.24) is 5.32 Å². The molecule has 1 aromatic heterocycles. The number of thiophene rings is 1. The van der Waals surface area contributed by atoms with Gasteiger partial charge in [0.25, 0.3) is 5.91 Å². The van der Waals surface area contributed by atoms with E-state index in [0.29, 0.717) is 11.3 Å².